The van der Waals surface area contributed by atoms with Gasteiger partial charge < -0.3 is 4.90 Å². The minimum absolute atomic E-state index is 0.170. The summed E-state index contributed by atoms with van der Waals surface area (Å²) >= 11 is 1.97. The Kier molecular flexibility index (Phi) is 4.67. The molecular formula is C33H25NOS. The molecule has 1 spiro atoms. The molecule has 3 heteroatoms. The molecule has 4 aromatic carbocycles. The van der Waals surface area contributed by atoms with E-state index in [1.807, 2.05) is 23.9 Å². The number of rotatable bonds is 4. The lowest BCUT2D eigenvalue weighted by Gasteiger charge is -2.49. The molecule has 0 aromatic heterocycles. The fraction of sp³-hybridized carbons (Fsp3) is 0.121. The van der Waals surface area contributed by atoms with E-state index in [9.17, 15) is 4.79 Å². The van der Waals surface area contributed by atoms with Crippen molar-refractivity contribution in [1.29, 1.82) is 0 Å². The Labute approximate surface area is 216 Å². The largest absolute Gasteiger partial charge is 0.378 e. The number of nitrogens with zero attached hydrogens (tertiary/aromatic N) is 1. The van der Waals surface area contributed by atoms with Gasteiger partial charge >= 0.3 is 0 Å². The summed E-state index contributed by atoms with van der Waals surface area (Å²) in [5, 5.41) is 0. The van der Waals surface area contributed by atoms with Gasteiger partial charge in [0, 0.05) is 36.2 Å². The predicted molar refractivity (Wildman–Crippen MR) is 151 cm³/mol. The lowest BCUT2D eigenvalue weighted by Crippen LogP contribution is -2.37. The number of allylic oxidation sites excluding steroid dienone is 2. The van der Waals surface area contributed by atoms with Gasteiger partial charge in [-0.2, -0.15) is 0 Å². The molecule has 174 valence electrons. The molecule has 36 heavy (non-hydrogen) atoms. The van der Waals surface area contributed by atoms with Crippen molar-refractivity contribution in [2.75, 3.05) is 19.0 Å². The SMILES string of the molecule is CN(C)c1ccc(C2=CC3=C(c4ccc(C=O)cc4)C4c5ccccc5C3(S2)c2ccccc24)cc1. The van der Waals surface area contributed by atoms with E-state index in [4.69, 9.17) is 0 Å². The maximum absolute atomic E-state index is 11.4. The maximum Gasteiger partial charge on any atom is 0.150 e. The van der Waals surface area contributed by atoms with E-state index < -0.39 is 0 Å². The van der Waals surface area contributed by atoms with E-state index in [0.717, 1.165) is 6.29 Å². The molecule has 1 aliphatic heterocycles. The summed E-state index contributed by atoms with van der Waals surface area (Å²) in [6.45, 7) is 0. The van der Waals surface area contributed by atoms with E-state index in [2.05, 4.69) is 110 Å². The molecule has 2 nitrogen and oxygen atoms in total. The highest BCUT2D eigenvalue weighted by atomic mass is 32.2. The molecule has 0 saturated carbocycles. The number of aldehydes is 1. The van der Waals surface area contributed by atoms with Crippen molar-refractivity contribution in [3.05, 3.63) is 148 Å². The Bertz CT molecular complexity index is 1540. The maximum atomic E-state index is 11.4. The van der Waals surface area contributed by atoms with Gasteiger partial charge in [0.25, 0.3) is 0 Å². The van der Waals surface area contributed by atoms with Crippen LogP contribution in [-0.4, -0.2) is 20.4 Å². The van der Waals surface area contributed by atoms with E-state index in [1.54, 1.807) is 0 Å². The molecule has 3 aliphatic carbocycles. The second-order valence-corrected chi connectivity index (χ2v) is 11.2. The van der Waals surface area contributed by atoms with Crippen LogP contribution in [0.2, 0.25) is 0 Å². The number of anilines is 1. The smallest absolute Gasteiger partial charge is 0.150 e. The molecule has 4 aromatic rings. The minimum Gasteiger partial charge on any atom is -0.378 e. The second-order valence-electron chi connectivity index (χ2n) is 9.91. The van der Waals surface area contributed by atoms with Gasteiger partial charge in [-0.25, -0.2) is 0 Å². The Morgan fingerprint density at radius 2 is 1.33 bits per heavy atom. The standard InChI is InChI=1S/C33H25NOS/c1-34(2)24-17-15-22(16-18-24)30-19-29-31(23-13-11-21(20-35)12-14-23)32-25-7-3-5-9-27(25)33(29,36-30)28-10-6-4-8-26(28)32/h3-20,32H,1-2H3. The molecule has 0 saturated heterocycles. The van der Waals surface area contributed by atoms with Crippen LogP contribution in [0.3, 0.4) is 0 Å². The Morgan fingerprint density at radius 3 is 1.92 bits per heavy atom. The summed E-state index contributed by atoms with van der Waals surface area (Å²) in [7, 11) is 4.15. The van der Waals surface area contributed by atoms with Gasteiger partial charge in [0.1, 0.15) is 6.29 Å². The lowest BCUT2D eigenvalue weighted by molar-refractivity contribution is 0.112. The summed E-state index contributed by atoms with van der Waals surface area (Å²) in [4.78, 5) is 14.8. The van der Waals surface area contributed by atoms with Crippen molar-refractivity contribution < 1.29 is 4.79 Å². The highest BCUT2D eigenvalue weighted by Gasteiger charge is 2.55. The zero-order valence-corrected chi connectivity index (χ0v) is 21.0. The first-order chi connectivity index (χ1) is 17.6. The summed E-state index contributed by atoms with van der Waals surface area (Å²) in [5.74, 6) is 0.170. The van der Waals surface area contributed by atoms with E-state index in [-0.39, 0.29) is 10.7 Å². The summed E-state index contributed by atoms with van der Waals surface area (Å²) in [5.41, 5.74) is 12.7. The molecule has 0 radical (unpaired) electrons. The van der Waals surface area contributed by atoms with Gasteiger partial charge in [-0.3, -0.25) is 4.79 Å². The number of thioether (sulfide) groups is 1. The number of hydrogen-bond donors (Lipinski definition) is 0. The van der Waals surface area contributed by atoms with Crippen LogP contribution in [0.5, 0.6) is 0 Å². The van der Waals surface area contributed by atoms with Crippen LogP contribution in [-0.2, 0) is 4.75 Å². The van der Waals surface area contributed by atoms with Gasteiger partial charge in [0.2, 0.25) is 0 Å². The number of benzene rings is 4. The molecule has 0 amide bonds. The Hall–Kier alpha value is -3.82. The molecule has 0 fully saturated rings. The number of carbonyl (C=O) groups is 1. The monoisotopic (exact) mass is 483 g/mol. The van der Waals surface area contributed by atoms with Gasteiger partial charge in [0.05, 0.1) is 4.75 Å². The fourth-order valence-corrected chi connectivity index (χ4v) is 7.83. The van der Waals surface area contributed by atoms with Gasteiger partial charge in [0.15, 0.2) is 0 Å². The summed E-state index contributed by atoms with van der Waals surface area (Å²) in [6, 6.07) is 34.9. The lowest BCUT2D eigenvalue weighted by atomic mass is 9.59. The first kappa shape index (κ1) is 21.5. The van der Waals surface area contributed by atoms with Crippen LogP contribution in [0.4, 0.5) is 5.69 Å². The number of carbonyl (C=O) groups excluding carboxylic acids is 1. The highest BCUT2D eigenvalue weighted by molar-refractivity contribution is 8.10. The third kappa shape index (κ3) is 2.84. The zero-order valence-electron chi connectivity index (χ0n) is 20.2. The summed E-state index contributed by atoms with van der Waals surface area (Å²) in [6.07, 6.45) is 3.35. The van der Waals surface area contributed by atoms with Crippen molar-refractivity contribution >= 4 is 34.2 Å². The van der Waals surface area contributed by atoms with E-state index >= 15 is 0 Å². The normalized spacial score (nSPS) is 20.9. The van der Waals surface area contributed by atoms with Crippen LogP contribution >= 0.6 is 11.8 Å². The van der Waals surface area contributed by atoms with Crippen molar-refractivity contribution in [2.24, 2.45) is 0 Å². The first-order valence-corrected chi connectivity index (χ1v) is 13.1. The molecule has 0 atom stereocenters. The first-order valence-electron chi connectivity index (χ1n) is 12.3. The topological polar surface area (TPSA) is 20.3 Å². The predicted octanol–water partition coefficient (Wildman–Crippen LogP) is 7.51. The van der Waals surface area contributed by atoms with Crippen LogP contribution in [0.25, 0.3) is 10.5 Å². The van der Waals surface area contributed by atoms with Crippen LogP contribution in [0, 0.1) is 0 Å². The van der Waals surface area contributed by atoms with Gasteiger partial charge in [-0.05, 0) is 62.7 Å². The van der Waals surface area contributed by atoms with E-state index in [0.29, 0.717) is 5.56 Å². The molecule has 2 bridgehead atoms. The number of hydrogen-bond acceptors (Lipinski definition) is 3. The van der Waals surface area contributed by atoms with Crippen LogP contribution in [0.1, 0.15) is 49.7 Å². The zero-order chi connectivity index (χ0) is 24.4. The Balaban J connectivity index is 1.51. The molecule has 1 heterocycles. The van der Waals surface area contributed by atoms with Crippen LogP contribution < -0.4 is 4.90 Å². The fourth-order valence-electron chi connectivity index (χ4n) is 6.20. The third-order valence-electron chi connectivity index (χ3n) is 7.82. The minimum atomic E-state index is -0.282. The van der Waals surface area contributed by atoms with Crippen molar-refractivity contribution in [2.45, 2.75) is 10.7 Å². The molecule has 0 unspecified atom stereocenters. The average molecular weight is 484 g/mol. The van der Waals surface area contributed by atoms with Crippen molar-refractivity contribution in [3.8, 4) is 0 Å². The highest BCUT2D eigenvalue weighted by Crippen LogP contribution is 2.70. The molecule has 0 N–H and O–H groups in total. The molecular weight excluding hydrogens is 458 g/mol. The van der Waals surface area contributed by atoms with Gasteiger partial charge in [-0.15, -0.1) is 11.8 Å². The third-order valence-corrected chi connectivity index (χ3v) is 9.36. The van der Waals surface area contributed by atoms with Crippen LogP contribution in [0.15, 0.2) is 109 Å². The summed E-state index contributed by atoms with van der Waals surface area (Å²) < 4.78 is -0.282. The van der Waals surface area contributed by atoms with E-state index in [1.165, 1.54) is 55.1 Å². The van der Waals surface area contributed by atoms with Crippen molar-refractivity contribution in [3.63, 3.8) is 0 Å². The second kappa shape index (κ2) is 7.84. The average Bonchev–Trinajstić information content (AvgIpc) is 3.35. The van der Waals surface area contributed by atoms with Crippen molar-refractivity contribution in [1.82, 2.24) is 0 Å². The van der Waals surface area contributed by atoms with Gasteiger partial charge in [-0.1, -0.05) is 84.9 Å². The Morgan fingerprint density at radius 1 is 0.750 bits per heavy atom. The quantitative estimate of drug-likeness (QED) is 0.280. The molecule has 8 rings (SSSR count). The molecule has 4 aliphatic rings.